The minimum atomic E-state index is -0.493. The highest BCUT2D eigenvalue weighted by Gasteiger charge is 2.32. The summed E-state index contributed by atoms with van der Waals surface area (Å²) in [5.74, 6) is -0.211. The van der Waals surface area contributed by atoms with Crippen molar-refractivity contribution in [3.63, 3.8) is 0 Å². The predicted molar refractivity (Wildman–Crippen MR) is 85.5 cm³/mol. The Labute approximate surface area is 138 Å². The summed E-state index contributed by atoms with van der Waals surface area (Å²) in [6.07, 6.45) is 1.59. The molecule has 0 N–H and O–H groups in total. The van der Waals surface area contributed by atoms with E-state index >= 15 is 0 Å². The molecule has 1 aromatic heterocycles. The highest BCUT2D eigenvalue weighted by Crippen LogP contribution is 2.26. The van der Waals surface area contributed by atoms with Crippen molar-refractivity contribution in [1.29, 1.82) is 0 Å². The zero-order valence-corrected chi connectivity index (χ0v) is 13.3. The number of aromatic nitrogens is 1. The van der Waals surface area contributed by atoms with Crippen LogP contribution in [0.15, 0.2) is 33.5 Å². The SMILES string of the molecule is O=C(Cn1c(=O)oc2ccccc21)N1CCC(C2OCCO2)CC1. The number of carbonyl (C=O) groups excluding carboxylic acids is 1. The van der Waals surface area contributed by atoms with E-state index in [1.54, 1.807) is 23.1 Å². The van der Waals surface area contributed by atoms with Crippen LogP contribution >= 0.6 is 0 Å². The van der Waals surface area contributed by atoms with Gasteiger partial charge in [-0.1, -0.05) is 12.1 Å². The molecule has 4 rings (SSSR count). The number of hydrogen-bond donors (Lipinski definition) is 0. The fraction of sp³-hybridized carbons (Fsp3) is 0.529. The third-order valence-electron chi connectivity index (χ3n) is 4.79. The van der Waals surface area contributed by atoms with E-state index in [2.05, 4.69) is 0 Å². The van der Waals surface area contributed by atoms with E-state index in [4.69, 9.17) is 13.9 Å². The molecular formula is C17H20N2O5. The van der Waals surface area contributed by atoms with Crippen molar-refractivity contribution < 1.29 is 18.7 Å². The van der Waals surface area contributed by atoms with E-state index in [0.29, 0.717) is 43.3 Å². The first kappa shape index (κ1) is 15.4. The molecule has 2 aliphatic rings. The molecule has 0 atom stereocenters. The second-order valence-corrected chi connectivity index (χ2v) is 6.25. The Morgan fingerprint density at radius 3 is 2.58 bits per heavy atom. The number of nitrogens with zero attached hydrogens (tertiary/aromatic N) is 2. The Morgan fingerprint density at radius 2 is 1.83 bits per heavy atom. The molecule has 2 fully saturated rings. The number of benzene rings is 1. The van der Waals surface area contributed by atoms with Crippen LogP contribution in [0.3, 0.4) is 0 Å². The normalized spacial score (nSPS) is 20.1. The van der Waals surface area contributed by atoms with Crippen LogP contribution in [0.25, 0.3) is 11.1 Å². The summed E-state index contributed by atoms with van der Waals surface area (Å²) in [6.45, 7) is 2.64. The van der Waals surface area contributed by atoms with E-state index in [1.165, 1.54) is 4.57 Å². The number of carbonyl (C=O) groups is 1. The first-order valence-corrected chi connectivity index (χ1v) is 8.32. The molecule has 1 aromatic carbocycles. The standard InChI is InChI=1S/C17H20N2O5/c20-15(11-19-13-3-1-2-4-14(13)24-17(19)21)18-7-5-12(6-8-18)16-22-9-10-23-16/h1-4,12,16H,5-11H2. The average molecular weight is 332 g/mol. The average Bonchev–Trinajstić information content (AvgIpc) is 3.24. The van der Waals surface area contributed by atoms with Crippen molar-refractivity contribution in [3.8, 4) is 0 Å². The summed E-state index contributed by atoms with van der Waals surface area (Å²) >= 11 is 0. The van der Waals surface area contributed by atoms with E-state index in [0.717, 1.165) is 12.8 Å². The maximum atomic E-state index is 12.6. The fourth-order valence-electron chi connectivity index (χ4n) is 3.47. The molecule has 2 aromatic rings. The lowest BCUT2D eigenvalue weighted by Gasteiger charge is -2.33. The van der Waals surface area contributed by atoms with Crippen LogP contribution in [0.4, 0.5) is 0 Å². The summed E-state index contributed by atoms with van der Waals surface area (Å²) in [5, 5.41) is 0. The van der Waals surface area contributed by atoms with Gasteiger partial charge in [0.05, 0.1) is 18.7 Å². The number of para-hydroxylation sites is 2. The number of oxazole rings is 1. The quantitative estimate of drug-likeness (QED) is 0.844. The van der Waals surface area contributed by atoms with E-state index in [-0.39, 0.29) is 18.7 Å². The Bertz CT molecular complexity index is 782. The Kier molecular flexibility index (Phi) is 4.12. The number of ether oxygens (including phenoxy) is 2. The minimum absolute atomic E-state index is 0.0109. The zero-order valence-electron chi connectivity index (χ0n) is 13.3. The van der Waals surface area contributed by atoms with Crippen molar-refractivity contribution in [1.82, 2.24) is 9.47 Å². The van der Waals surface area contributed by atoms with Gasteiger partial charge in [-0.05, 0) is 25.0 Å². The van der Waals surface area contributed by atoms with Crippen LogP contribution in [0.2, 0.25) is 0 Å². The van der Waals surface area contributed by atoms with Gasteiger partial charge in [0.2, 0.25) is 5.91 Å². The van der Waals surface area contributed by atoms with Crippen LogP contribution in [-0.4, -0.2) is 48.0 Å². The number of amides is 1. The number of rotatable bonds is 3. The van der Waals surface area contributed by atoms with Crippen LogP contribution in [0, 0.1) is 5.92 Å². The zero-order chi connectivity index (χ0) is 16.5. The second kappa shape index (κ2) is 6.41. The van der Waals surface area contributed by atoms with Gasteiger partial charge in [0, 0.05) is 19.0 Å². The summed E-state index contributed by atoms with van der Waals surface area (Å²) in [5.41, 5.74) is 1.16. The van der Waals surface area contributed by atoms with Crippen LogP contribution in [0.5, 0.6) is 0 Å². The molecule has 2 saturated heterocycles. The summed E-state index contributed by atoms with van der Waals surface area (Å²) in [4.78, 5) is 26.3. The first-order chi connectivity index (χ1) is 11.7. The third-order valence-corrected chi connectivity index (χ3v) is 4.79. The largest absolute Gasteiger partial charge is 0.420 e. The lowest BCUT2D eigenvalue weighted by atomic mass is 9.96. The Hall–Kier alpha value is -2.12. The van der Waals surface area contributed by atoms with Gasteiger partial charge in [-0.25, -0.2) is 4.79 Å². The molecule has 24 heavy (non-hydrogen) atoms. The predicted octanol–water partition coefficient (Wildman–Crippen LogP) is 1.21. The van der Waals surface area contributed by atoms with Gasteiger partial charge in [-0.2, -0.15) is 0 Å². The summed E-state index contributed by atoms with van der Waals surface area (Å²) in [6, 6.07) is 7.14. The Morgan fingerprint density at radius 1 is 1.12 bits per heavy atom. The molecule has 0 unspecified atom stereocenters. The lowest BCUT2D eigenvalue weighted by molar-refractivity contribution is -0.137. The van der Waals surface area contributed by atoms with Crippen molar-refractivity contribution in [2.75, 3.05) is 26.3 Å². The molecule has 7 nitrogen and oxygen atoms in total. The molecule has 2 aliphatic heterocycles. The molecule has 1 amide bonds. The molecule has 7 heteroatoms. The van der Waals surface area contributed by atoms with E-state index in [1.807, 2.05) is 6.07 Å². The number of likely N-dealkylation sites (tertiary alicyclic amines) is 1. The van der Waals surface area contributed by atoms with Gasteiger partial charge in [-0.15, -0.1) is 0 Å². The van der Waals surface area contributed by atoms with Gasteiger partial charge < -0.3 is 18.8 Å². The van der Waals surface area contributed by atoms with Gasteiger partial charge in [0.15, 0.2) is 11.9 Å². The number of hydrogen-bond acceptors (Lipinski definition) is 5. The van der Waals surface area contributed by atoms with Crippen molar-refractivity contribution in [2.45, 2.75) is 25.7 Å². The van der Waals surface area contributed by atoms with Gasteiger partial charge in [-0.3, -0.25) is 9.36 Å². The smallest absolute Gasteiger partial charge is 0.408 e. The summed E-state index contributed by atoms with van der Waals surface area (Å²) in [7, 11) is 0. The van der Waals surface area contributed by atoms with Crippen LogP contribution in [0.1, 0.15) is 12.8 Å². The van der Waals surface area contributed by atoms with Crippen molar-refractivity contribution in [3.05, 3.63) is 34.8 Å². The Balaban J connectivity index is 1.41. The molecule has 0 radical (unpaired) electrons. The maximum Gasteiger partial charge on any atom is 0.420 e. The molecular weight excluding hydrogens is 312 g/mol. The van der Waals surface area contributed by atoms with Crippen molar-refractivity contribution >= 4 is 17.0 Å². The van der Waals surface area contributed by atoms with Crippen LogP contribution < -0.4 is 5.76 Å². The number of fused-ring (bicyclic) bond motifs is 1. The van der Waals surface area contributed by atoms with Gasteiger partial charge >= 0.3 is 5.76 Å². The number of piperidine rings is 1. The van der Waals surface area contributed by atoms with Gasteiger partial charge in [0.25, 0.3) is 0 Å². The van der Waals surface area contributed by atoms with E-state index < -0.39 is 5.76 Å². The highest BCUT2D eigenvalue weighted by molar-refractivity contribution is 5.79. The first-order valence-electron chi connectivity index (χ1n) is 8.32. The van der Waals surface area contributed by atoms with E-state index in [9.17, 15) is 9.59 Å². The second-order valence-electron chi connectivity index (χ2n) is 6.25. The van der Waals surface area contributed by atoms with Crippen molar-refractivity contribution in [2.24, 2.45) is 5.92 Å². The van der Waals surface area contributed by atoms with Gasteiger partial charge in [0.1, 0.15) is 6.54 Å². The van der Waals surface area contributed by atoms with Crippen LogP contribution in [-0.2, 0) is 20.8 Å². The highest BCUT2D eigenvalue weighted by atomic mass is 16.7. The lowest BCUT2D eigenvalue weighted by Crippen LogP contribution is -2.43. The third kappa shape index (κ3) is 2.85. The summed E-state index contributed by atoms with van der Waals surface area (Å²) < 4.78 is 17.7. The molecule has 3 heterocycles. The maximum absolute atomic E-state index is 12.6. The molecule has 0 aliphatic carbocycles. The molecule has 0 bridgehead atoms. The topological polar surface area (TPSA) is 73.9 Å². The molecule has 0 spiro atoms. The minimum Gasteiger partial charge on any atom is -0.408 e. The molecule has 128 valence electrons. The fourth-order valence-corrected chi connectivity index (χ4v) is 3.47. The molecule has 0 saturated carbocycles. The monoisotopic (exact) mass is 332 g/mol.